The lowest BCUT2D eigenvalue weighted by atomic mass is 10.1. The summed E-state index contributed by atoms with van der Waals surface area (Å²) in [6, 6.07) is 7.41. The fourth-order valence-corrected chi connectivity index (χ4v) is 1.99. The van der Waals surface area contributed by atoms with Gasteiger partial charge in [0.25, 0.3) is 5.91 Å². The van der Waals surface area contributed by atoms with E-state index in [1.54, 1.807) is 31.4 Å². The Labute approximate surface area is 114 Å². The topological polar surface area (TPSA) is 50.4 Å². The van der Waals surface area contributed by atoms with Crippen LogP contribution in [-0.4, -0.2) is 32.1 Å². The van der Waals surface area contributed by atoms with E-state index < -0.39 is 0 Å². The molecule has 0 saturated carbocycles. The highest BCUT2D eigenvalue weighted by Gasteiger charge is 2.16. The molecule has 0 bridgehead atoms. The molecule has 4 nitrogen and oxygen atoms in total. The fraction of sp³-hybridized carbons (Fsp3) is 0.462. The monoisotopic (exact) mass is 270 g/mol. The molecule has 100 valence electrons. The SMILES string of the molecule is COc1ccc(C(=O)N[C@@H]2CCCNC2)cc1.Cl. The van der Waals surface area contributed by atoms with Crippen LogP contribution in [0.4, 0.5) is 0 Å². The second-order valence-corrected chi connectivity index (χ2v) is 4.25. The number of rotatable bonds is 3. The van der Waals surface area contributed by atoms with Gasteiger partial charge < -0.3 is 15.4 Å². The van der Waals surface area contributed by atoms with Crippen LogP contribution in [0, 0.1) is 0 Å². The lowest BCUT2D eigenvalue weighted by Crippen LogP contribution is -2.45. The molecule has 1 amide bonds. The van der Waals surface area contributed by atoms with E-state index in [0.717, 1.165) is 31.7 Å². The standard InChI is InChI=1S/C13H18N2O2.ClH/c1-17-12-6-4-10(5-7-12)13(16)15-11-3-2-8-14-9-11;/h4-7,11,14H,2-3,8-9H2,1H3,(H,15,16);1H/t11-;/m1./s1. The van der Waals surface area contributed by atoms with Gasteiger partial charge in [-0.3, -0.25) is 4.79 Å². The Kier molecular flexibility index (Phi) is 5.95. The number of nitrogens with one attached hydrogen (secondary N) is 2. The average Bonchev–Trinajstić information content (AvgIpc) is 2.40. The Morgan fingerprint density at radius 2 is 2.11 bits per heavy atom. The van der Waals surface area contributed by atoms with Crippen LogP contribution in [0.15, 0.2) is 24.3 Å². The molecule has 1 saturated heterocycles. The Morgan fingerprint density at radius 1 is 1.39 bits per heavy atom. The van der Waals surface area contributed by atoms with Crippen LogP contribution in [-0.2, 0) is 0 Å². The molecule has 1 fully saturated rings. The van der Waals surface area contributed by atoms with Gasteiger partial charge >= 0.3 is 0 Å². The zero-order valence-electron chi connectivity index (χ0n) is 10.4. The first-order chi connectivity index (χ1) is 8.29. The Morgan fingerprint density at radius 3 is 2.67 bits per heavy atom. The predicted molar refractivity (Wildman–Crippen MR) is 73.6 cm³/mol. The zero-order chi connectivity index (χ0) is 12.1. The van der Waals surface area contributed by atoms with Crippen molar-refractivity contribution in [2.45, 2.75) is 18.9 Å². The summed E-state index contributed by atoms with van der Waals surface area (Å²) in [5, 5.41) is 6.31. The maximum Gasteiger partial charge on any atom is 0.251 e. The van der Waals surface area contributed by atoms with Gasteiger partial charge in [-0.1, -0.05) is 0 Å². The highest BCUT2D eigenvalue weighted by molar-refractivity contribution is 5.94. The van der Waals surface area contributed by atoms with Crippen molar-refractivity contribution in [1.29, 1.82) is 0 Å². The van der Waals surface area contributed by atoms with Gasteiger partial charge in [0.2, 0.25) is 0 Å². The molecule has 0 aliphatic carbocycles. The molecule has 0 aromatic heterocycles. The molecule has 2 rings (SSSR count). The van der Waals surface area contributed by atoms with Crippen LogP contribution < -0.4 is 15.4 Å². The number of methoxy groups -OCH3 is 1. The Balaban J connectivity index is 0.00000162. The number of amides is 1. The van der Waals surface area contributed by atoms with Gasteiger partial charge in [0.15, 0.2) is 0 Å². The third kappa shape index (κ3) is 3.89. The molecule has 1 heterocycles. The normalized spacial score (nSPS) is 18.6. The van der Waals surface area contributed by atoms with E-state index in [9.17, 15) is 4.79 Å². The molecule has 1 atom stereocenters. The van der Waals surface area contributed by atoms with Gasteiger partial charge in [-0.25, -0.2) is 0 Å². The highest BCUT2D eigenvalue weighted by Crippen LogP contribution is 2.11. The van der Waals surface area contributed by atoms with Crippen molar-refractivity contribution >= 4 is 18.3 Å². The molecular weight excluding hydrogens is 252 g/mol. The van der Waals surface area contributed by atoms with Gasteiger partial charge in [0.05, 0.1) is 7.11 Å². The minimum Gasteiger partial charge on any atom is -0.497 e. The van der Waals surface area contributed by atoms with Crippen molar-refractivity contribution in [2.24, 2.45) is 0 Å². The maximum absolute atomic E-state index is 11.9. The Hall–Kier alpha value is -1.26. The molecule has 0 radical (unpaired) electrons. The van der Waals surface area contributed by atoms with Crippen molar-refractivity contribution in [2.75, 3.05) is 20.2 Å². The number of carbonyl (C=O) groups is 1. The number of piperidine rings is 1. The molecule has 18 heavy (non-hydrogen) atoms. The highest BCUT2D eigenvalue weighted by atomic mass is 35.5. The lowest BCUT2D eigenvalue weighted by molar-refractivity contribution is 0.0930. The van der Waals surface area contributed by atoms with Crippen molar-refractivity contribution in [1.82, 2.24) is 10.6 Å². The van der Waals surface area contributed by atoms with E-state index in [0.29, 0.717) is 5.56 Å². The zero-order valence-corrected chi connectivity index (χ0v) is 11.3. The molecule has 0 spiro atoms. The van der Waals surface area contributed by atoms with Gasteiger partial charge in [0.1, 0.15) is 5.75 Å². The second-order valence-electron chi connectivity index (χ2n) is 4.25. The second kappa shape index (κ2) is 7.24. The van der Waals surface area contributed by atoms with Crippen molar-refractivity contribution in [3.8, 4) is 5.75 Å². The molecule has 2 N–H and O–H groups in total. The number of ether oxygens (including phenoxy) is 1. The van der Waals surface area contributed by atoms with E-state index >= 15 is 0 Å². The molecular formula is C13H19ClN2O2. The van der Waals surface area contributed by atoms with E-state index in [1.165, 1.54) is 0 Å². The lowest BCUT2D eigenvalue weighted by Gasteiger charge is -2.23. The average molecular weight is 271 g/mol. The molecule has 1 aliphatic heterocycles. The number of halogens is 1. The summed E-state index contributed by atoms with van der Waals surface area (Å²) in [4.78, 5) is 11.9. The van der Waals surface area contributed by atoms with Crippen LogP contribution in [0.1, 0.15) is 23.2 Å². The first-order valence-electron chi connectivity index (χ1n) is 5.95. The maximum atomic E-state index is 11.9. The summed E-state index contributed by atoms with van der Waals surface area (Å²) in [5.74, 6) is 0.752. The van der Waals surface area contributed by atoms with Gasteiger partial charge in [-0.05, 0) is 43.7 Å². The molecule has 1 aliphatic rings. The van der Waals surface area contributed by atoms with E-state index in [4.69, 9.17) is 4.74 Å². The van der Waals surface area contributed by atoms with Gasteiger partial charge in [-0.15, -0.1) is 12.4 Å². The smallest absolute Gasteiger partial charge is 0.251 e. The molecule has 1 aromatic carbocycles. The van der Waals surface area contributed by atoms with Gasteiger partial charge in [-0.2, -0.15) is 0 Å². The van der Waals surface area contributed by atoms with Crippen molar-refractivity contribution in [3.63, 3.8) is 0 Å². The third-order valence-electron chi connectivity index (χ3n) is 2.98. The number of carbonyl (C=O) groups excluding carboxylic acids is 1. The van der Waals surface area contributed by atoms with E-state index in [-0.39, 0.29) is 24.4 Å². The number of benzene rings is 1. The summed E-state index contributed by atoms with van der Waals surface area (Å²) < 4.78 is 5.06. The minimum absolute atomic E-state index is 0. The predicted octanol–water partition coefficient (Wildman–Crippen LogP) is 1.60. The summed E-state index contributed by atoms with van der Waals surface area (Å²) in [6.45, 7) is 1.91. The third-order valence-corrected chi connectivity index (χ3v) is 2.98. The first kappa shape index (κ1) is 14.8. The van der Waals surface area contributed by atoms with Crippen LogP contribution in [0.5, 0.6) is 5.75 Å². The fourth-order valence-electron chi connectivity index (χ4n) is 1.99. The first-order valence-corrected chi connectivity index (χ1v) is 5.95. The Bertz CT molecular complexity index is 375. The largest absolute Gasteiger partial charge is 0.497 e. The summed E-state index contributed by atoms with van der Waals surface area (Å²) in [7, 11) is 1.61. The minimum atomic E-state index is -0.0126. The van der Waals surface area contributed by atoms with Crippen molar-refractivity contribution in [3.05, 3.63) is 29.8 Å². The van der Waals surface area contributed by atoms with E-state index in [2.05, 4.69) is 10.6 Å². The van der Waals surface area contributed by atoms with Crippen LogP contribution in [0.25, 0.3) is 0 Å². The quantitative estimate of drug-likeness (QED) is 0.877. The van der Waals surface area contributed by atoms with Crippen LogP contribution in [0.3, 0.4) is 0 Å². The summed E-state index contributed by atoms with van der Waals surface area (Å²) in [5.41, 5.74) is 0.677. The van der Waals surface area contributed by atoms with Crippen LogP contribution in [0.2, 0.25) is 0 Å². The van der Waals surface area contributed by atoms with Crippen LogP contribution >= 0.6 is 12.4 Å². The van der Waals surface area contributed by atoms with Gasteiger partial charge in [0, 0.05) is 18.2 Å². The molecule has 0 unspecified atom stereocenters. The number of hydrogen-bond donors (Lipinski definition) is 2. The molecule has 1 aromatic rings. The summed E-state index contributed by atoms with van der Waals surface area (Å²) in [6.07, 6.45) is 2.17. The molecule has 5 heteroatoms. The van der Waals surface area contributed by atoms with E-state index in [1.807, 2.05) is 0 Å². The van der Waals surface area contributed by atoms with Crippen molar-refractivity contribution < 1.29 is 9.53 Å². The number of hydrogen-bond acceptors (Lipinski definition) is 3. The summed E-state index contributed by atoms with van der Waals surface area (Å²) >= 11 is 0.